The van der Waals surface area contributed by atoms with E-state index in [1.807, 2.05) is 0 Å². The lowest BCUT2D eigenvalue weighted by atomic mass is 9.31. The molecular weight excluding hydrogens is 725 g/mol. The van der Waals surface area contributed by atoms with Crippen LogP contribution in [0.3, 0.4) is 0 Å². The van der Waals surface area contributed by atoms with Gasteiger partial charge < -0.3 is 14.7 Å². The van der Waals surface area contributed by atoms with Gasteiger partial charge in [-0.15, -0.1) is 0 Å². The van der Waals surface area contributed by atoms with Crippen molar-refractivity contribution in [3.05, 3.63) is 168 Å². The molecule has 4 heteroatoms. The highest BCUT2D eigenvalue weighted by Crippen LogP contribution is 2.53. The zero-order valence-corrected chi connectivity index (χ0v) is 36.4. The minimum absolute atomic E-state index is 0.0145. The summed E-state index contributed by atoms with van der Waals surface area (Å²) in [6, 6.07) is 58.1. The van der Waals surface area contributed by atoms with Crippen LogP contribution in [0, 0.1) is 0 Å². The molecule has 0 aromatic heterocycles. The van der Waals surface area contributed by atoms with Gasteiger partial charge in [0.05, 0.1) is 11.4 Å². The SMILES string of the molecule is CC(C)(C)c1ccc(N2c3cc4ccccc4c4c3B3c5c(cccc5N(c5ccc(C(C)(C)C)cc5)c5c3c2cc2ccccc52)N4c2ccc(C(C)(C)C)cc2)cc1. The fourth-order valence-corrected chi connectivity index (χ4v) is 10.3. The number of fused-ring (bicyclic) bond motifs is 4. The number of nitrogens with zero attached hydrogens (tertiary/aromatic N) is 3. The normalized spacial score (nSPS) is 14.3. The molecule has 8 aromatic rings. The third-order valence-electron chi connectivity index (χ3n) is 13.4. The highest BCUT2D eigenvalue weighted by Gasteiger charge is 2.50. The Morgan fingerprint density at radius 3 is 1.05 bits per heavy atom. The lowest BCUT2D eigenvalue weighted by Gasteiger charge is -2.50. The van der Waals surface area contributed by atoms with E-state index in [4.69, 9.17) is 0 Å². The second-order valence-corrected chi connectivity index (χ2v) is 20.3. The van der Waals surface area contributed by atoms with Gasteiger partial charge in [-0.05, 0) is 121 Å². The van der Waals surface area contributed by atoms with Crippen LogP contribution in [0.5, 0.6) is 0 Å². The monoisotopic (exact) mass is 777 g/mol. The highest BCUT2D eigenvalue weighted by atomic mass is 15.2. The maximum Gasteiger partial charge on any atom is 0.257 e. The molecule has 0 radical (unpaired) electrons. The van der Waals surface area contributed by atoms with Crippen molar-refractivity contribution in [2.45, 2.75) is 78.6 Å². The largest absolute Gasteiger partial charge is 0.311 e. The van der Waals surface area contributed by atoms with Gasteiger partial charge >= 0.3 is 0 Å². The molecule has 11 rings (SSSR count). The Kier molecular flexibility index (Phi) is 7.75. The van der Waals surface area contributed by atoms with Crippen molar-refractivity contribution in [3.8, 4) is 0 Å². The molecule has 3 heterocycles. The predicted molar refractivity (Wildman–Crippen MR) is 260 cm³/mol. The summed E-state index contributed by atoms with van der Waals surface area (Å²) in [4.78, 5) is 7.75. The molecule has 0 unspecified atom stereocenters. The topological polar surface area (TPSA) is 9.72 Å². The van der Waals surface area contributed by atoms with Crippen molar-refractivity contribution >= 4 is 95.8 Å². The van der Waals surface area contributed by atoms with Gasteiger partial charge in [0.25, 0.3) is 6.71 Å². The van der Waals surface area contributed by atoms with Gasteiger partial charge in [0.1, 0.15) is 0 Å². The Hall–Kier alpha value is -6.26. The van der Waals surface area contributed by atoms with Gasteiger partial charge in [0.2, 0.25) is 0 Å². The molecule has 3 aliphatic rings. The Bertz CT molecular complexity index is 2860. The number of benzene rings is 8. The summed E-state index contributed by atoms with van der Waals surface area (Å²) in [5.41, 5.74) is 19.2. The maximum absolute atomic E-state index is 2.59. The summed E-state index contributed by atoms with van der Waals surface area (Å²) >= 11 is 0. The molecule has 3 aliphatic heterocycles. The number of anilines is 9. The van der Waals surface area contributed by atoms with Gasteiger partial charge in [-0.3, -0.25) is 0 Å². The van der Waals surface area contributed by atoms with E-state index >= 15 is 0 Å². The second kappa shape index (κ2) is 12.6. The summed E-state index contributed by atoms with van der Waals surface area (Å²) in [5.74, 6) is 0. The van der Waals surface area contributed by atoms with E-state index in [1.165, 1.54) is 106 Å². The van der Waals surface area contributed by atoms with E-state index in [2.05, 4.69) is 229 Å². The van der Waals surface area contributed by atoms with Crippen molar-refractivity contribution in [2.24, 2.45) is 0 Å². The van der Waals surface area contributed by atoms with E-state index in [0.717, 1.165) is 0 Å². The van der Waals surface area contributed by atoms with Crippen molar-refractivity contribution in [1.29, 1.82) is 0 Å². The summed E-state index contributed by atoms with van der Waals surface area (Å²) in [6.07, 6.45) is 0. The number of hydrogen-bond donors (Lipinski definition) is 0. The summed E-state index contributed by atoms with van der Waals surface area (Å²) in [7, 11) is 0. The predicted octanol–water partition coefficient (Wildman–Crippen LogP) is 13.8. The number of hydrogen-bond acceptors (Lipinski definition) is 3. The van der Waals surface area contributed by atoms with Gasteiger partial charge in [-0.1, -0.05) is 153 Å². The van der Waals surface area contributed by atoms with E-state index in [0.29, 0.717) is 0 Å². The second-order valence-electron chi connectivity index (χ2n) is 20.3. The fourth-order valence-electron chi connectivity index (χ4n) is 10.3. The van der Waals surface area contributed by atoms with Crippen LogP contribution in [0.2, 0.25) is 0 Å². The lowest BCUT2D eigenvalue weighted by Crippen LogP contribution is -2.65. The fraction of sp³-hybridized carbons (Fsp3) is 0.214. The number of rotatable bonds is 3. The van der Waals surface area contributed by atoms with E-state index in [-0.39, 0.29) is 23.0 Å². The Balaban J connectivity index is 1.30. The minimum atomic E-state index is 0.0145. The van der Waals surface area contributed by atoms with Gasteiger partial charge in [0.15, 0.2) is 0 Å². The molecule has 294 valence electrons. The molecule has 0 bridgehead atoms. The third-order valence-corrected chi connectivity index (χ3v) is 13.4. The molecule has 8 aromatic carbocycles. The lowest BCUT2D eigenvalue weighted by molar-refractivity contribution is 0.590. The molecule has 0 spiro atoms. The Labute approximate surface area is 356 Å². The maximum atomic E-state index is 2.59. The van der Waals surface area contributed by atoms with Crippen LogP contribution in [0.4, 0.5) is 51.2 Å². The first-order chi connectivity index (χ1) is 28.7. The van der Waals surface area contributed by atoms with Crippen LogP contribution < -0.4 is 31.1 Å². The van der Waals surface area contributed by atoms with Crippen LogP contribution in [0.25, 0.3) is 21.5 Å². The molecule has 0 atom stereocenters. The van der Waals surface area contributed by atoms with Gasteiger partial charge in [0, 0.05) is 50.6 Å². The zero-order valence-electron chi connectivity index (χ0n) is 36.4. The van der Waals surface area contributed by atoms with Crippen LogP contribution in [0.15, 0.2) is 152 Å². The smallest absolute Gasteiger partial charge is 0.257 e. The third kappa shape index (κ3) is 5.35. The van der Waals surface area contributed by atoms with Crippen LogP contribution >= 0.6 is 0 Å². The van der Waals surface area contributed by atoms with Crippen LogP contribution in [-0.4, -0.2) is 6.71 Å². The summed E-state index contributed by atoms with van der Waals surface area (Å²) in [5, 5.41) is 5.00. The molecule has 60 heavy (non-hydrogen) atoms. The molecule has 0 saturated carbocycles. The highest BCUT2D eigenvalue weighted by molar-refractivity contribution is 7.03. The van der Waals surface area contributed by atoms with Crippen LogP contribution in [-0.2, 0) is 16.2 Å². The summed E-state index contributed by atoms with van der Waals surface area (Å²) in [6.45, 7) is 20.7. The van der Waals surface area contributed by atoms with Crippen molar-refractivity contribution in [3.63, 3.8) is 0 Å². The first kappa shape index (κ1) is 36.8. The van der Waals surface area contributed by atoms with Gasteiger partial charge in [-0.25, -0.2) is 0 Å². The quantitative estimate of drug-likeness (QED) is 0.165. The average Bonchev–Trinajstić information content (AvgIpc) is 3.23. The van der Waals surface area contributed by atoms with E-state index in [1.54, 1.807) is 0 Å². The van der Waals surface area contributed by atoms with Crippen molar-refractivity contribution in [1.82, 2.24) is 0 Å². The molecule has 0 saturated heterocycles. The minimum Gasteiger partial charge on any atom is -0.311 e. The average molecular weight is 778 g/mol. The standard InChI is InChI=1S/C56H52BN3/c1-54(2,3)37-21-27-40(28-22-37)58-47-33-35-15-10-12-17-43(35)52-50(47)57-49-45(59(52)41-29-23-38(24-30-41)55(4,5)6)19-14-20-46(49)60(42-31-25-39(26-32-42)56(7,8)9)53-44-18-13-11-16-36(44)34-48(58)51(53)57/h10-34H,1-9H3. The van der Waals surface area contributed by atoms with Gasteiger partial charge in [-0.2, -0.15) is 0 Å². The molecule has 0 aliphatic carbocycles. The zero-order chi connectivity index (χ0) is 41.5. The molecule has 3 nitrogen and oxygen atoms in total. The summed E-state index contributed by atoms with van der Waals surface area (Å²) < 4.78 is 0. The molecule has 0 N–H and O–H groups in total. The van der Waals surface area contributed by atoms with Crippen molar-refractivity contribution in [2.75, 3.05) is 14.7 Å². The first-order valence-corrected chi connectivity index (χ1v) is 21.6. The molecule has 0 fully saturated rings. The van der Waals surface area contributed by atoms with Crippen molar-refractivity contribution < 1.29 is 0 Å². The molecule has 0 amide bonds. The van der Waals surface area contributed by atoms with E-state index in [9.17, 15) is 0 Å². The Morgan fingerprint density at radius 2 is 0.683 bits per heavy atom. The molecular formula is C56H52BN3. The van der Waals surface area contributed by atoms with Crippen LogP contribution in [0.1, 0.15) is 79.0 Å². The van der Waals surface area contributed by atoms with E-state index < -0.39 is 0 Å². The first-order valence-electron chi connectivity index (χ1n) is 21.6. The Morgan fingerprint density at radius 1 is 0.333 bits per heavy atom.